The maximum absolute atomic E-state index is 9.13. The van der Waals surface area contributed by atoms with Crippen molar-refractivity contribution < 1.29 is 9.84 Å². The van der Waals surface area contributed by atoms with Crippen molar-refractivity contribution in [3.8, 4) is 5.75 Å². The molecule has 1 unspecified atom stereocenters. The van der Waals surface area contributed by atoms with Gasteiger partial charge in [0.05, 0.1) is 12.7 Å². The second-order valence-corrected chi connectivity index (χ2v) is 4.31. The summed E-state index contributed by atoms with van der Waals surface area (Å²) in [7, 11) is 0. The molecule has 96 valence electrons. The third-order valence-electron chi connectivity index (χ3n) is 2.44. The zero-order valence-electron chi connectivity index (χ0n) is 10.8. The van der Waals surface area contributed by atoms with Gasteiger partial charge in [-0.05, 0) is 44.0 Å². The summed E-state index contributed by atoms with van der Waals surface area (Å²) in [5.41, 5.74) is 1.21. The molecule has 0 amide bonds. The average molecular weight is 237 g/mol. The third-order valence-corrected chi connectivity index (χ3v) is 2.44. The maximum atomic E-state index is 9.13. The minimum atomic E-state index is -0.235. The van der Waals surface area contributed by atoms with Crippen molar-refractivity contribution in [2.24, 2.45) is 0 Å². The van der Waals surface area contributed by atoms with Crippen LogP contribution in [0, 0.1) is 0 Å². The van der Waals surface area contributed by atoms with Gasteiger partial charge in [0.15, 0.2) is 0 Å². The largest absolute Gasteiger partial charge is 0.494 e. The van der Waals surface area contributed by atoms with Crippen molar-refractivity contribution in [3.05, 3.63) is 29.8 Å². The molecule has 0 fully saturated rings. The van der Waals surface area contributed by atoms with Crippen LogP contribution in [0.15, 0.2) is 24.3 Å². The summed E-state index contributed by atoms with van der Waals surface area (Å²) in [5, 5.41) is 12.4. The van der Waals surface area contributed by atoms with Crippen LogP contribution in [0.1, 0.15) is 32.3 Å². The Kier molecular flexibility index (Phi) is 6.67. The van der Waals surface area contributed by atoms with E-state index in [1.165, 1.54) is 5.56 Å². The Balaban J connectivity index is 2.32. The molecule has 3 heteroatoms. The van der Waals surface area contributed by atoms with Crippen molar-refractivity contribution in [2.45, 2.75) is 39.3 Å². The quantitative estimate of drug-likeness (QED) is 0.682. The number of aliphatic hydroxyl groups excluding tert-OH is 1. The molecule has 2 N–H and O–H groups in total. The summed E-state index contributed by atoms with van der Waals surface area (Å²) in [6, 6.07) is 8.13. The second-order valence-electron chi connectivity index (χ2n) is 4.31. The Labute approximate surface area is 104 Å². The highest BCUT2D eigenvalue weighted by Crippen LogP contribution is 2.13. The van der Waals surface area contributed by atoms with Gasteiger partial charge in [0, 0.05) is 6.54 Å². The zero-order chi connectivity index (χ0) is 12.5. The van der Waals surface area contributed by atoms with Gasteiger partial charge >= 0.3 is 0 Å². The molecule has 0 aromatic heterocycles. The van der Waals surface area contributed by atoms with E-state index in [4.69, 9.17) is 9.84 Å². The highest BCUT2D eigenvalue weighted by atomic mass is 16.5. The van der Waals surface area contributed by atoms with E-state index >= 15 is 0 Å². The van der Waals surface area contributed by atoms with Crippen LogP contribution in [0.25, 0.3) is 0 Å². The van der Waals surface area contributed by atoms with Crippen LogP contribution in [-0.4, -0.2) is 24.4 Å². The fourth-order valence-electron chi connectivity index (χ4n) is 1.51. The summed E-state index contributed by atoms with van der Waals surface area (Å²) in [5.74, 6) is 0.932. The first-order valence-electron chi connectivity index (χ1n) is 6.33. The Hall–Kier alpha value is -1.06. The lowest BCUT2D eigenvalue weighted by Gasteiger charge is -2.09. The van der Waals surface area contributed by atoms with E-state index in [-0.39, 0.29) is 6.10 Å². The van der Waals surface area contributed by atoms with Gasteiger partial charge in [-0.15, -0.1) is 0 Å². The lowest BCUT2D eigenvalue weighted by atomic mass is 10.2. The van der Waals surface area contributed by atoms with Crippen molar-refractivity contribution in [3.63, 3.8) is 0 Å². The molecule has 1 aromatic carbocycles. The average Bonchev–Trinajstić information content (AvgIpc) is 2.32. The summed E-state index contributed by atoms with van der Waals surface area (Å²) in [6.45, 7) is 6.31. The molecule has 0 bridgehead atoms. The van der Waals surface area contributed by atoms with E-state index < -0.39 is 0 Å². The van der Waals surface area contributed by atoms with E-state index in [1.807, 2.05) is 12.1 Å². The lowest BCUT2D eigenvalue weighted by molar-refractivity contribution is 0.183. The van der Waals surface area contributed by atoms with Gasteiger partial charge in [0.25, 0.3) is 0 Å². The molecule has 1 aromatic rings. The van der Waals surface area contributed by atoms with Gasteiger partial charge in [-0.1, -0.05) is 19.1 Å². The molecular formula is C14H23NO2. The number of ether oxygens (including phenoxy) is 1. The first-order valence-corrected chi connectivity index (χ1v) is 6.33. The molecule has 0 aliphatic rings. The first-order chi connectivity index (χ1) is 8.22. The molecule has 17 heavy (non-hydrogen) atoms. The van der Waals surface area contributed by atoms with Crippen LogP contribution in [0.5, 0.6) is 5.75 Å². The third kappa shape index (κ3) is 6.29. The van der Waals surface area contributed by atoms with Crippen molar-refractivity contribution in [1.82, 2.24) is 5.32 Å². The maximum Gasteiger partial charge on any atom is 0.119 e. The van der Waals surface area contributed by atoms with Crippen LogP contribution < -0.4 is 10.1 Å². The Morgan fingerprint density at radius 2 is 2.24 bits per heavy atom. The number of nitrogens with one attached hydrogen (secondary N) is 1. The second kappa shape index (κ2) is 8.09. The van der Waals surface area contributed by atoms with Crippen LogP contribution in [0.4, 0.5) is 0 Å². The number of hydrogen-bond acceptors (Lipinski definition) is 3. The van der Waals surface area contributed by atoms with Gasteiger partial charge in [0.1, 0.15) is 5.75 Å². The number of rotatable bonds is 8. The number of aliphatic hydroxyl groups is 1. The molecule has 0 saturated heterocycles. The van der Waals surface area contributed by atoms with Gasteiger partial charge in [0.2, 0.25) is 0 Å². The minimum absolute atomic E-state index is 0.235. The summed E-state index contributed by atoms with van der Waals surface area (Å²) < 4.78 is 5.57. The van der Waals surface area contributed by atoms with Gasteiger partial charge < -0.3 is 15.2 Å². The molecule has 1 atom stereocenters. The molecule has 1 rings (SSSR count). The zero-order valence-corrected chi connectivity index (χ0v) is 10.8. The topological polar surface area (TPSA) is 41.5 Å². The molecule has 0 heterocycles. The first kappa shape index (κ1) is 14.0. The van der Waals surface area contributed by atoms with Crippen molar-refractivity contribution in [1.29, 1.82) is 0 Å². The minimum Gasteiger partial charge on any atom is -0.494 e. The van der Waals surface area contributed by atoms with E-state index in [1.54, 1.807) is 6.92 Å². The lowest BCUT2D eigenvalue weighted by Crippen LogP contribution is -2.18. The molecule has 0 radical (unpaired) electrons. The van der Waals surface area contributed by atoms with Crippen molar-refractivity contribution in [2.75, 3.05) is 13.2 Å². The van der Waals surface area contributed by atoms with Crippen LogP contribution in [0.3, 0.4) is 0 Å². The van der Waals surface area contributed by atoms with Crippen LogP contribution in [0.2, 0.25) is 0 Å². The summed E-state index contributed by atoms with van der Waals surface area (Å²) in [6.07, 6.45) is 1.57. The van der Waals surface area contributed by atoms with Gasteiger partial charge in [-0.3, -0.25) is 0 Å². The molecule has 0 saturated carbocycles. The van der Waals surface area contributed by atoms with E-state index in [0.29, 0.717) is 0 Å². The fraction of sp³-hybridized carbons (Fsp3) is 0.571. The van der Waals surface area contributed by atoms with E-state index in [0.717, 1.165) is 38.3 Å². The highest BCUT2D eigenvalue weighted by molar-refractivity contribution is 5.28. The highest BCUT2D eigenvalue weighted by Gasteiger charge is 1.98. The normalized spacial score (nSPS) is 12.4. The smallest absolute Gasteiger partial charge is 0.119 e. The van der Waals surface area contributed by atoms with Gasteiger partial charge in [-0.25, -0.2) is 0 Å². The molecule has 3 nitrogen and oxygen atoms in total. The Bertz CT molecular complexity index is 313. The van der Waals surface area contributed by atoms with Gasteiger partial charge in [-0.2, -0.15) is 0 Å². The number of hydrogen-bond donors (Lipinski definition) is 2. The number of benzene rings is 1. The van der Waals surface area contributed by atoms with Crippen LogP contribution >= 0.6 is 0 Å². The monoisotopic (exact) mass is 237 g/mol. The Morgan fingerprint density at radius 3 is 2.94 bits per heavy atom. The van der Waals surface area contributed by atoms with Crippen molar-refractivity contribution >= 4 is 0 Å². The predicted molar refractivity (Wildman–Crippen MR) is 70.2 cm³/mol. The van der Waals surface area contributed by atoms with E-state index in [9.17, 15) is 0 Å². The van der Waals surface area contributed by atoms with E-state index in [2.05, 4.69) is 24.4 Å². The molecular weight excluding hydrogens is 214 g/mol. The predicted octanol–water partition coefficient (Wildman–Crippen LogP) is 2.34. The molecule has 0 spiro atoms. The standard InChI is InChI=1S/C14H23NO2/c1-3-9-17-14-6-4-5-13(10-14)11-15-8-7-12(2)16/h4-6,10,12,15-16H,3,7-9,11H2,1-2H3. The summed E-state index contributed by atoms with van der Waals surface area (Å²) >= 11 is 0. The SMILES string of the molecule is CCCOc1cccc(CNCCC(C)O)c1. The van der Waals surface area contributed by atoms with Crippen LogP contribution in [-0.2, 0) is 6.54 Å². The molecule has 0 aliphatic carbocycles. The molecule has 0 aliphatic heterocycles. The Morgan fingerprint density at radius 1 is 1.41 bits per heavy atom. The summed E-state index contributed by atoms with van der Waals surface area (Å²) in [4.78, 5) is 0. The fourth-order valence-corrected chi connectivity index (χ4v) is 1.51.